The van der Waals surface area contributed by atoms with Gasteiger partial charge < -0.3 is 21.1 Å². The Balaban J connectivity index is 2.69. The maximum absolute atomic E-state index is 11.8. The van der Waals surface area contributed by atoms with Gasteiger partial charge in [-0.1, -0.05) is 6.92 Å². The minimum atomic E-state index is -2.31. The van der Waals surface area contributed by atoms with E-state index in [4.69, 9.17) is 12.6 Å². The van der Waals surface area contributed by atoms with Crippen molar-refractivity contribution in [3.63, 3.8) is 0 Å². The molecule has 1 saturated carbocycles. The number of aliphatic hydroxyl groups excluding tert-OH is 1. The molecule has 5 atom stereocenters. The van der Waals surface area contributed by atoms with Crippen molar-refractivity contribution in [2.24, 2.45) is 16.6 Å². The van der Waals surface area contributed by atoms with Crippen molar-refractivity contribution in [3.8, 4) is 0 Å². The van der Waals surface area contributed by atoms with Crippen LogP contribution in [0.4, 0.5) is 5.95 Å². The minimum absolute atomic E-state index is 0.121. The highest BCUT2D eigenvalue weighted by Gasteiger charge is 2.26. The molecular weight excluding hydrogens is 294 g/mol. The van der Waals surface area contributed by atoms with Crippen LogP contribution in [0.1, 0.15) is 64.1 Å². The Bertz CT molecular complexity index is 823. The molecular formula is C16H27N5O2. The summed E-state index contributed by atoms with van der Waals surface area (Å²) in [5, 5.41) is 13.3. The third-order valence-corrected chi connectivity index (χ3v) is 3.20. The molecule has 128 valence electrons. The van der Waals surface area contributed by atoms with Crippen molar-refractivity contribution in [2.45, 2.75) is 64.5 Å². The Labute approximate surface area is 143 Å². The summed E-state index contributed by atoms with van der Waals surface area (Å²) < 4.78 is 40.8. The maximum Gasteiger partial charge on any atom is 0.254 e. The number of amides is 1. The summed E-state index contributed by atoms with van der Waals surface area (Å²) in [6, 6.07) is -1.44. The van der Waals surface area contributed by atoms with Crippen LogP contribution >= 0.6 is 0 Å². The topological polar surface area (TPSA) is 116 Å². The first-order chi connectivity index (χ1) is 12.7. The predicted octanol–water partition coefficient (Wildman–Crippen LogP) is 1.17. The zero-order valence-electron chi connectivity index (χ0n) is 18.7. The smallest absolute Gasteiger partial charge is 0.254 e. The Hall–Kier alpha value is -1.89. The van der Waals surface area contributed by atoms with Crippen LogP contribution in [-0.4, -0.2) is 38.7 Å². The Morgan fingerprint density at radius 3 is 2.91 bits per heavy atom. The van der Waals surface area contributed by atoms with Gasteiger partial charge in [0, 0.05) is 17.2 Å². The predicted molar refractivity (Wildman–Crippen MR) is 88.9 cm³/mol. The molecule has 1 fully saturated rings. The Morgan fingerprint density at radius 2 is 2.30 bits per heavy atom. The van der Waals surface area contributed by atoms with Gasteiger partial charge in [0.2, 0.25) is 5.95 Å². The molecule has 2 rings (SSSR count). The highest BCUT2D eigenvalue weighted by atomic mass is 16.3. The van der Waals surface area contributed by atoms with Crippen LogP contribution in [0, 0.1) is 5.92 Å². The Kier molecular flexibility index (Phi) is 3.38. The molecule has 7 heteroatoms. The number of aliphatic hydroxyl groups is 1. The monoisotopic (exact) mass is 326 g/mol. The summed E-state index contributed by atoms with van der Waals surface area (Å²) in [4.78, 5) is 22.7. The van der Waals surface area contributed by atoms with Crippen LogP contribution in [-0.2, 0) is 0 Å². The van der Waals surface area contributed by atoms with E-state index < -0.39 is 54.8 Å². The van der Waals surface area contributed by atoms with Gasteiger partial charge in [-0.25, -0.2) is 4.98 Å². The average Bonchev–Trinajstić information content (AvgIpc) is 2.53. The molecule has 1 heterocycles. The summed E-state index contributed by atoms with van der Waals surface area (Å²) in [6.07, 6.45) is -6.63. The number of carbonyl (C=O) groups excluding carboxylic acids is 1. The summed E-state index contributed by atoms with van der Waals surface area (Å²) in [5.74, 6) is -1.62. The SMILES string of the molecule is [2H]c1nc(NC(C)(C)C)[nH]c(=NC2C([2H])C([2H])C(C)C(O)C2([2H])[2H])c1C(N)=O. The summed E-state index contributed by atoms with van der Waals surface area (Å²) in [5.41, 5.74) is 4.36. The molecule has 0 aromatic carbocycles. The highest BCUT2D eigenvalue weighted by molar-refractivity contribution is 5.92. The molecule has 0 aliphatic heterocycles. The highest BCUT2D eigenvalue weighted by Crippen LogP contribution is 2.25. The molecule has 0 spiro atoms. The molecule has 5 N–H and O–H groups in total. The van der Waals surface area contributed by atoms with Crippen LogP contribution in [0.15, 0.2) is 11.2 Å². The molecule has 5 unspecified atom stereocenters. The lowest BCUT2D eigenvalue weighted by Crippen LogP contribution is -2.34. The zero-order valence-corrected chi connectivity index (χ0v) is 13.7. The largest absolute Gasteiger partial charge is 0.393 e. The first-order valence-corrected chi connectivity index (χ1v) is 7.42. The van der Waals surface area contributed by atoms with E-state index in [0.29, 0.717) is 0 Å². The fraction of sp³-hybridized carbons (Fsp3) is 0.688. The molecule has 1 aliphatic carbocycles. The first-order valence-electron chi connectivity index (χ1n) is 10.1. The number of primary amides is 1. The number of nitrogens with zero attached hydrogens (tertiary/aromatic N) is 2. The van der Waals surface area contributed by atoms with E-state index in [2.05, 4.69) is 20.3 Å². The third-order valence-electron chi connectivity index (χ3n) is 3.20. The quantitative estimate of drug-likeness (QED) is 0.667. The number of anilines is 1. The van der Waals surface area contributed by atoms with E-state index in [1.165, 1.54) is 6.92 Å². The maximum atomic E-state index is 11.8. The lowest BCUT2D eigenvalue weighted by molar-refractivity contribution is 0.0704. The van der Waals surface area contributed by atoms with E-state index in [1.807, 2.05) is 20.8 Å². The summed E-state index contributed by atoms with van der Waals surface area (Å²) in [7, 11) is 0. The van der Waals surface area contributed by atoms with Crippen molar-refractivity contribution >= 4 is 11.9 Å². The first kappa shape index (κ1) is 11.6. The molecule has 7 nitrogen and oxygen atoms in total. The molecule has 0 saturated heterocycles. The zero-order chi connectivity index (χ0) is 21.6. The van der Waals surface area contributed by atoms with Crippen LogP contribution in [0.5, 0.6) is 0 Å². The summed E-state index contributed by atoms with van der Waals surface area (Å²) in [6.45, 7) is 7.07. The van der Waals surface area contributed by atoms with E-state index in [0.717, 1.165) is 0 Å². The van der Waals surface area contributed by atoms with Crippen LogP contribution in [0.2, 0.25) is 0 Å². The molecule has 1 aromatic heterocycles. The molecule has 1 aromatic rings. The number of aromatic amines is 1. The molecule has 1 aliphatic rings. The molecule has 23 heavy (non-hydrogen) atoms. The minimum Gasteiger partial charge on any atom is -0.393 e. The fourth-order valence-electron chi connectivity index (χ4n) is 2.04. The normalized spacial score (nSPS) is 37.9. The van der Waals surface area contributed by atoms with Gasteiger partial charge in [-0.2, -0.15) is 0 Å². The number of rotatable bonds is 3. The number of hydrogen-bond acceptors (Lipinski definition) is 5. The van der Waals surface area contributed by atoms with E-state index in [1.54, 1.807) is 0 Å². The van der Waals surface area contributed by atoms with Gasteiger partial charge in [-0.05, 0) is 45.9 Å². The van der Waals surface area contributed by atoms with E-state index in [9.17, 15) is 9.90 Å². The second-order valence-corrected chi connectivity index (χ2v) is 6.59. The van der Waals surface area contributed by atoms with Crippen molar-refractivity contribution in [3.05, 3.63) is 17.2 Å². The third kappa shape index (κ3) is 4.79. The number of hydrogen-bond donors (Lipinski definition) is 4. The van der Waals surface area contributed by atoms with Crippen molar-refractivity contribution in [1.82, 2.24) is 9.97 Å². The van der Waals surface area contributed by atoms with Gasteiger partial charge in [0.1, 0.15) is 5.49 Å². The second-order valence-electron chi connectivity index (χ2n) is 6.59. The number of carbonyl (C=O) groups is 1. The fourth-order valence-corrected chi connectivity index (χ4v) is 2.04. The number of nitrogens with two attached hydrogens (primary N) is 1. The van der Waals surface area contributed by atoms with Gasteiger partial charge >= 0.3 is 0 Å². The van der Waals surface area contributed by atoms with Gasteiger partial charge in [0.05, 0.1) is 19.1 Å². The van der Waals surface area contributed by atoms with Gasteiger partial charge in [-0.15, -0.1) is 0 Å². The van der Waals surface area contributed by atoms with Crippen molar-refractivity contribution in [1.29, 1.82) is 0 Å². The summed E-state index contributed by atoms with van der Waals surface area (Å²) >= 11 is 0. The van der Waals surface area contributed by atoms with Crippen molar-refractivity contribution < 1.29 is 16.8 Å². The lowest BCUT2D eigenvalue weighted by Gasteiger charge is -2.28. The van der Waals surface area contributed by atoms with Crippen LogP contribution in [0.3, 0.4) is 0 Å². The van der Waals surface area contributed by atoms with Crippen LogP contribution < -0.4 is 16.5 Å². The molecule has 0 radical (unpaired) electrons. The number of aromatic nitrogens is 2. The number of H-pyrrole nitrogens is 1. The van der Waals surface area contributed by atoms with Gasteiger partial charge in [-0.3, -0.25) is 9.79 Å². The van der Waals surface area contributed by atoms with E-state index >= 15 is 0 Å². The van der Waals surface area contributed by atoms with Crippen LogP contribution in [0.25, 0.3) is 0 Å². The lowest BCUT2D eigenvalue weighted by atomic mass is 9.85. The van der Waals surface area contributed by atoms with Gasteiger partial charge in [0.25, 0.3) is 5.91 Å². The average molecular weight is 326 g/mol. The van der Waals surface area contributed by atoms with Crippen molar-refractivity contribution in [2.75, 3.05) is 5.32 Å². The van der Waals surface area contributed by atoms with Gasteiger partial charge in [0.15, 0.2) is 0 Å². The van der Waals surface area contributed by atoms with E-state index in [-0.39, 0.29) is 17.0 Å². The standard InChI is InChI=1S/C16H27N5O2/c1-9-5-6-10(7-12(9)22)19-14-11(13(17)23)8-18-15(20-14)21-16(2,3)4/h8-10,12,22H,5-7H2,1-4H3,(H2,17,23)(H2,18,19,20,21)/i5D,6D,7D2,8D. The molecule has 0 bridgehead atoms. The Morgan fingerprint density at radius 1 is 1.61 bits per heavy atom. The molecule has 1 amide bonds. The second kappa shape index (κ2) is 6.70. The number of nitrogens with one attached hydrogen (secondary N) is 2.